The van der Waals surface area contributed by atoms with E-state index in [0.717, 1.165) is 0 Å². The number of nitrogens with two attached hydrogens (primary N) is 1. The smallest absolute Gasteiger partial charge is 0.373 e. The van der Waals surface area contributed by atoms with Gasteiger partial charge in [0.25, 0.3) is 0 Å². The number of carbonyl (C=O) groups excluding carboxylic acids is 1. The Morgan fingerprint density at radius 3 is 2.82 bits per heavy atom. The molecular weight excluding hydrogens is 224 g/mol. The van der Waals surface area contributed by atoms with Crippen LogP contribution in [0.4, 0.5) is 11.5 Å². The maximum atomic E-state index is 10.9. The number of carbonyl (C=O) groups is 1. The van der Waals surface area contributed by atoms with Gasteiger partial charge in [-0.3, -0.25) is 4.79 Å². The van der Waals surface area contributed by atoms with Crippen molar-refractivity contribution in [1.82, 2.24) is 4.98 Å². The Morgan fingerprint density at radius 1 is 1.65 bits per heavy atom. The molecule has 17 heavy (non-hydrogen) atoms. The van der Waals surface area contributed by atoms with Crippen molar-refractivity contribution in [3.05, 3.63) is 28.4 Å². The molecule has 0 saturated heterocycles. The van der Waals surface area contributed by atoms with E-state index < -0.39 is 16.4 Å². The van der Waals surface area contributed by atoms with Gasteiger partial charge in [0.1, 0.15) is 11.9 Å². The third kappa shape index (κ3) is 3.71. The van der Waals surface area contributed by atoms with Gasteiger partial charge < -0.3 is 21.2 Å². The van der Waals surface area contributed by atoms with E-state index in [9.17, 15) is 14.9 Å². The summed E-state index contributed by atoms with van der Waals surface area (Å²) in [7, 11) is 0. The van der Waals surface area contributed by atoms with Gasteiger partial charge >= 0.3 is 5.82 Å². The van der Waals surface area contributed by atoms with Crippen LogP contribution in [0.25, 0.3) is 0 Å². The van der Waals surface area contributed by atoms with Crippen LogP contribution in [0.3, 0.4) is 0 Å². The minimum absolute atomic E-state index is 0.0685. The molecule has 0 spiro atoms. The Balaban J connectivity index is 2.95. The molecule has 0 bridgehead atoms. The number of nitrogens with one attached hydrogen (secondary N) is 1. The first-order valence-corrected chi connectivity index (χ1v) is 4.98. The average Bonchev–Trinajstić information content (AvgIpc) is 2.14. The molecule has 0 atom stereocenters. The minimum atomic E-state index is -0.667. The first-order valence-electron chi connectivity index (χ1n) is 4.98. The molecule has 92 valence electrons. The van der Waals surface area contributed by atoms with Crippen LogP contribution in [0, 0.1) is 10.1 Å². The van der Waals surface area contributed by atoms with Crippen LogP contribution in [0.5, 0.6) is 0 Å². The Hall–Kier alpha value is -2.18. The minimum Gasteiger partial charge on any atom is -0.373 e. The van der Waals surface area contributed by atoms with Crippen molar-refractivity contribution < 1.29 is 9.72 Å². The van der Waals surface area contributed by atoms with Crippen molar-refractivity contribution >= 4 is 17.4 Å². The van der Waals surface area contributed by atoms with Gasteiger partial charge in [-0.2, -0.15) is 0 Å². The van der Waals surface area contributed by atoms with Gasteiger partial charge in [0.05, 0.1) is 0 Å². The highest BCUT2D eigenvalue weighted by atomic mass is 16.6. The Morgan fingerprint density at radius 2 is 2.29 bits per heavy atom. The van der Waals surface area contributed by atoms with Gasteiger partial charge in [-0.25, -0.2) is 0 Å². The van der Waals surface area contributed by atoms with E-state index in [2.05, 4.69) is 10.3 Å². The van der Waals surface area contributed by atoms with Crippen LogP contribution in [0.2, 0.25) is 0 Å². The number of pyridine rings is 1. The normalized spacial score (nSPS) is 10.9. The van der Waals surface area contributed by atoms with Crippen molar-refractivity contribution in [2.24, 2.45) is 5.73 Å². The van der Waals surface area contributed by atoms with E-state index in [1.54, 1.807) is 19.9 Å². The highest BCUT2D eigenvalue weighted by molar-refractivity contribution is 5.76. The summed E-state index contributed by atoms with van der Waals surface area (Å²) in [4.78, 5) is 24.7. The molecule has 1 aromatic heterocycles. The molecule has 7 heteroatoms. The zero-order valence-corrected chi connectivity index (χ0v) is 9.64. The summed E-state index contributed by atoms with van der Waals surface area (Å²) in [5.41, 5.74) is 4.70. The molecule has 7 nitrogen and oxygen atoms in total. The summed E-state index contributed by atoms with van der Waals surface area (Å²) in [5.74, 6) is -0.751. The van der Waals surface area contributed by atoms with Crippen molar-refractivity contribution in [2.45, 2.75) is 25.8 Å². The summed E-state index contributed by atoms with van der Waals surface area (Å²) < 4.78 is 0. The Kier molecular flexibility index (Phi) is 3.62. The highest BCUT2D eigenvalue weighted by Crippen LogP contribution is 2.25. The second-order valence-corrected chi connectivity index (χ2v) is 4.28. The standard InChI is InChI=1S/C10H14N4O3/c1-10(2,6-8(11)15)13-7-4-3-5-12-9(7)14(16)17/h3-5,13H,6H2,1-2H3,(H2,11,15). The lowest BCUT2D eigenvalue weighted by Gasteiger charge is -2.25. The molecule has 1 amide bonds. The number of rotatable bonds is 5. The molecular formula is C10H14N4O3. The lowest BCUT2D eigenvalue weighted by molar-refractivity contribution is -0.388. The quantitative estimate of drug-likeness (QED) is 0.588. The van der Waals surface area contributed by atoms with Gasteiger partial charge in [0.2, 0.25) is 5.91 Å². The molecule has 0 aromatic carbocycles. The Bertz CT molecular complexity index is 445. The molecule has 1 rings (SSSR count). The molecule has 3 N–H and O–H groups in total. The van der Waals surface area contributed by atoms with Crippen LogP contribution in [0.15, 0.2) is 18.3 Å². The summed E-state index contributed by atoms with van der Waals surface area (Å²) >= 11 is 0. The molecule has 0 radical (unpaired) electrons. The largest absolute Gasteiger partial charge is 0.386 e. The number of amides is 1. The van der Waals surface area contributed by atoms with Crippen LogP contribution in [0.1, 0.15) is 20.3 Å². The molecule has 0 aliphatic carbocycles. The first kappa shape index (κ1) is 12.9. The lowest BCUT2D eigenvalue weighted by Crippen LogP contribution is -2.36. The van der Waals surface area contributed by atoms with Gasteiger partial charge in [0, 0.05) is 12.0 Å². The fraction of sp³-hybridized carbons (Fsp3) is 0.400. The predicted molar refractivity (Wildman–Crippen MR) is 62.4 cm³/mol. The van der Waals surface area contributed by atoms with Crippen molar-refractivity contribution in [3.63, 3.8) is 0 Å². The molecule has 1 aromatic rings. The fourth-order valence-electron chi connectivity index (χ4n) is 1.48. The summed E-state index contributed by atoms with van der Waals surface area (Å²) in [6.45, 7) is 3.46. The number of nitrogens with zero attached hydrogens (tertiary/aromatic N) is 2. The van der Waals surface area contributed by atoms with Crippen LogP contribution in [-0.4, -0.2) is 21.4 Å². The molecule has 0 aliphatic heterocycles. The second-order valence-electron chi connectivity index (χ2n) is 4.28. The maximum Gasteiger partial charge on any atom is 0.386 e. The number of nitro groups is 1. The number of hydrogen-bond donors (Lipinski definition) is 2. The van der Waals surface area contributed by atoms with Gasteiger partial charge in [-0.15, -0.1) is 0 Å². The topological polar surface area (TPSA) is 111 Å². The third-order valence-corrected chi connectivity index (χ3v) is 2.05. The molecule has 0 saturated carbocycles. The highest BCUT2D eigenvalue weighted by Gasteiger charge is 2.24. The second kappa shape index (κ2) is 4.77. The van der Waals surface area contributed by atoms with Gasteiger partial charge in [-0.1, -0.05) is 0 Å². The van der Waals surface area contributed by atoms with Crippen LogP contribution >= 0.6 is 0 Å². The van der Waals surface area contributed by atoms with E-state index in [1.807, 2.05) is 0 Å². The van der Waals surface area contributed by atoms with Crippen LogP contribution < -0.4 is 11.1 Å². The average molecular weight is 238 g/mol. The molecule has 0 unspecified atom stereocenters. The van der Waals surface area contributed by atoms with Crippen molar-refractivity contribution in [1.29, 1.82) is 0 Å². The third-order valence-electron chi connectivity index (χ3n) is 2.05. The number of aromatic nitrogens is 1. The number of primary amides is 1. The molecule has 1 heterocycles. The van der Waals surface area contributed by atoms with E-state index in [-0.39, 0.29) is 17.9 Å². The van der Waals surface area contributed by atoms with Crippen molar-refractivity contribution in [2.75, 3.05) is 5.32 Å². The van der Waals surface area contributed by atoms with E-state index in [1.165, 1.54) is 12.3 Å². The predicted octanol–water partition coefficient (Wildman–Crippen LogP) is 1.06. The van der Waals surface area contributed by atoms with Gasteiger partial charge in [0.15, 0.2) is 0 Å². The van der Waals surface area contributed by atoms with Crippen LogP contribution in [-0.2, 0) is 4.79 Å². The monoisotopic (exact) mass is 238 g/mol. The van der Waals surface area contributed by atoms with E-state index in [4.69, 9.17) is 5.73 Å². The number of hydrogen-bond acceptors (Lipinski definition) is 5. The summed E-state index contributed by atoms with van der Waals surface area (Å²) in [6.07, 6.45) is 1.41. The summed E-state index contributed by atoms with van der Waals surface area (Å²) in [5, 5.41) is 13.6. The summed E-state index contributed by atoms with van der Waals surface area (Å²) in [6, 6.07) is 3.11. The molecule has 0 fully saturated rings. The zero-order valence-electron chi connectivity index (χ0n) is 9.64. The first-order chi connectivity index (χ1) is 7.82. The fourth-order valence-corrected chi connectivity index (χ4v) is 1.48. The lowest BCUT2D eigenvalue weighted by atomic mass is 10.00. The van der Waals surface area contributed by atoms with E-state index in [0.29, 0.717) is 0 Å². The number of anilines is 1. The maximum absolute atomic E-state index is 10.9. The SMILES string of the molecule is CC(C)(CC(N)=O)Nc1cccnc1[N+](=O)[O-]. The Labute approximate surface area is 98.2 Å². The van der Waals surface area contributed by atoms with Crippen molar-refractivity contribution in [3.8, 4) is 0 Å². The van der Waals surface area contributed by atoms with E-state index >= 15 is 0 Å². The van der Waals surface area contributed by atoms with Gasteiger partial charge in [-0.05, 0) is 35.9 Å². The zero-order chi connectivity index (χ0) is 13.1. The molecule has 0 aliphatic rings.